The molecule has 1 N–H and O–H groups in total. The summed E-state index contributed by atoms with van der Waals surface area (Å²) >= 11 is 1.46. The molecule has 0 fully saturated rings. The number of aromatic nitrogens is 1. The van der Waals surface area contributed by atoms with Gasteiger partial charge in [0.2, 0.25) is 0 Å². The van der Waals surface area contributed by atoms with E-state index >= 15 is 0 Å². The van der Waals surface area contributed by atoms with Gasteiger partial charge in [-0.15, -0.1) is 11.3 Å². The van der Waals surface area contributed by atoms with Crippen molar-refractivity contribution in [3.8, 4) is 0 Å². The molecule has 1 unspecified atom stereocenters. The molecule has 1 amide bonds. The molecule has 1 heterocycles. The lowest BCUT2D eigenvalue weighted by molar-refractivity contribution is -0.384. The van der Waals surface area contributed by atoms with Crippen molar-refractivity contribution in [2.45, 2.75) is 20.0 Å². The minimum Gasteiger partial charge on any atom is -0.449 e. The Bertz CT molecular complexity index is 813. The summed E-state index contributed by atoms with van der Waals surface area (Å²) in [6, 6.07) is 5.33. The van der Waals surface area contributed by atoms with Gasteiger partial charge in [-0.3, -0.25) is 14.9 Å². The number of ether oxygens (including phenoxy) is 1. The standard InChI is InChI=1S/C16H15N3O5S/c1-10(24-15(20)8-5-13-9-25-11(2)17-13)16(21)18-12-3-6-14(7-4-12)19(22)23/h3-10H,1-2H3,(H,18,21)/b8-5+. The van der Waals surface area contributed by atoms with Crippen LogP contribution in [-0.4, -0.2) is 27.9 Å². The van der Waals surface area contributed by atoms with E-state index in [2.05, 4.69) is 10.3 Å². The lowest BCUT2D eigenvalue weighted by atomic mass is 10.2. The highest BCUT2D eigenvalue weighted by molar-refractivity contribution is 7.09. The maximum absolute atomic E-state index is 12.0. The van der Waals surface area contributed by atoms with Gasteiger partial charge < -0.3 is 10.1 Å². The normalized spacial score (nSPS) is 11.9. The van der Waals surface area contributed by atoms with E-state index in [1.54, 1.807) is 5.38 Å². The van der Waals surface area contributed by atoms with Crippen LogP contribution in [0.15, 0.2) is 35.7 Å². The van der Waals surface area contributed by atoms with E-state index in [0.29, 0.717) is 11.4 Å². The minimum atomic E-state index is -1.02. The van der Waals surface area contributed by atoms with Gasteiger partial charge in [0.1, 0.15) is 0 Å². The Morgan fingerprint density at radius 2 is 2.04 bits per heavy atom. The van der Waals surface area contributed by atoms with E-state index in [9.17, 15) is 19.7 Å². The van der Waals surface area contributed by atoms with Crippen LogP contribution in [0.25, 0.3) is 6.08 Å². The van der Waals surface area contributed by atoms with Crippen LogP contribution in [0.4, 0.5) is 11.4 Å². The van der Waals surface area contributed by atoms with Crippen molar-refractivity contribution in [3.05, 3.63) is 56.5 Å². The number of hydrogen-bond acceptors (Lipinski definition) is 7. The Balaban J connectivity index is 1.87. The fourth-order valence-corrected chi connectivity index (χ4v) is 2.37. The summed E-state index contributed by atoms with van der Waals surface area (Å²) in [5.41, 5.74) is 0.925. The third-order valence-corrected chi connectivity index (χ3v) is 3.83. The lowest BCUT2D eigenvalue weighted by Gasteiger charge is -2.12. The molecule has 0 aliphatic rings. The van der Waals surface area contributed by atoms with Crippen molar-refractivity contribution < 1.29 is 19.2 Å². The molecule has 0 saturated carbocycles. The van der Waals surface area contributed by atoms with Gasteiger partial charge in [0.25, 0.3) is 11.6 Å². The summed E-state index contributed by atoms with van der Waals surface area (Å²) in [5.74, 6) is -1.21. The van der Waals surface area contributed by atoms with Crippen LogP contribution in [0.3, 0.4) is 0 Å². The molecule has 25 heavy (non-hydrogen) atoms. The number of nitrogens with one attached hydrogen (secondary N) is 1. The average Bonchev–Trinajstić information content (AvgIpc) is 2.99. The highest BCUT2D eigenvalue weighted by Gasteiger charge is 2.17. The predicted octanol–water partition coefficient (Wildman–Crippen LogP) is 2.94. The van der Waals surface area contributed by atoms with E-state index in [1.807, 2.05) is 6.92 Å². The molecule has 0 spiro atoms. The molecule has 1 aromatic heterocycles. The topological polar surface area (TPSA) is 111 Å². The van der Waals surface area contributed by atoms with Crippen molar-refractivity contribution in [1.29, 1.82) is 0 Å². The van der Waals surface area contributed by atoms with Gasteiger partial charge in [-0.2, -0.15) is 0 Å². The van der Waals surface area contributed by atoms with E-state index in [-0.39, 0.29) is 5.69 Å². The van der Waals surface area contributed by atoms with E-state index in [0.717, 1.165) is 5.01 Å². The summed E-state index contributed by atoms with van der Waals surface area (Å²) in [7, 11) is 0. The molecule has 0 aliphatic carbocycles. The molecule has 130 valence electrons. The number of esters is 1. The first-order valence-electron chi connectivity index (χ1n) is 7.21. The van der Waals surface area contributed by atoms with Crippen LogP contribution in [0.1, 0.15) is 17.6 Å². The van der Waals surface area contributed by atoms with Crippen molar-refractivity contribution in [2.24, 2.45) is 0 Å². The second-order valence-corrected chi connectivity index (χ2v) is 6.06. The molecule has 8 nitrogen and oxygen atoms in total. The smallest absolute Gasteiger partial charge is 0.331 e. The Morgan fingerprint density at radius 1 is 1.36 bits per heavy atom. The molecule has 2 aromatic rings. The van der Waals surface area contributed by atoms with Crippen LogP contribution >= 0.6 is 11.3 Å². The summed E-state index contributed by atoms with van der Waals surface area (Å²) in [4.78, 5) is 37.9. The first-order chi connectivity index (χ1) is 11.8. The quantitative estimate of drug-likeness (QED) is 0.366. The maximum atomic E-state index is 12.0. The Morgan fingerprint density at radius 3 is 2.60 bits per heavy atom. The zero-order valence-corrected chi connectivity index (χ0v) is 14.3. The van der Waals surface area contributed by atoms with Gasteiger partial charge in [0, 0.05) is 29.3 Å². The number of amides is 1. The molecule has 0 radical (unpaired) electrons. The number of anilines is 1. The third-order valence-electron chi connectivity index (χ3n) is 3.03. The van der Waals surface area contributed by atoms with E-state index in [1.165, 1.54) is 54.7 Å². The number of benzene rings is 1. The van der Waals surface area contributed by atoms with Crippen molar-refractivity contribution >= 4 is 40.7 Å². The van der Waals surface area contributed by atoms with Crippen LogP contribution in [0, 0.1) is 17.0 Å². The van der Waals surface area contributed by atoms with Crippen LogP contribution in [-0.2, 0) is 14.3 Å². The number of carbonyl (C=O) groups is 2. The molecule has 0 bridgehead atoms. The monoisotopic (exact) mass is 361 g/mol. The number of nitro benzene ring substituents is 1. The molecule has 1 atom stereocenters. The lowest BCUT2D eigenvalue weighted by Crippen LogP contribution is -2.29. The van der Waals surface area contributed by atoms with Gasteiger partial charge in [0.05, 0.1) is 15.6 Å². The summed E-state index contributed by atoms with van der Waals surface area (Å²) in [5, 5.41) is 15.8. The Labute approximate surface area is 147 Å². The van der Waals surface area contributed by atoms with Crippen LogP contribution < -0.4 is 5.32 Å². The van der Waals surface area contributed by atoms with Gasteiger partial charge in [-0.25, -0.2) is 9.78 Å². The predicted molar refractivity (Wildman–Crippen MR) is 93.2 cm³/mol. The maximum Gasteiger partial charge on any atom is 0.331 e. The first-order valence-corrected chi connectivity index (χ1v) is 8.09. The van der Waals surface area contributed by atoms with Gasteiger partial charge in [0.15, 0.2) is 6.10 Å². The molecular weight excluding hydrogens is 346 g/mol. The van der Waals surface area contributed by atoms with Crippen molar-refractivity contribution in [2.75, 3.05) is 5.32 Å². The number of hydrogen-bond donors (Lipinski definition) is 1. The number of carbonyl (C=O) groups excluding carboxylic acids is 2. The molecule has 0 saturated heterocycles. The molecule has 9 heteroatoms. The first kappa shape index (κ1) is 18.3. The van der Waals surface area contributed by atoms with Crippen LogP contribution in [0.5, 0.6) is 0 Å². The molecular formula is C16H15N3O5S. The van der Waals surface area contributed by atoms with Crippen molar-refractivity contribution in [3.63, 3.8) is 0 Å². The van der Waals surface area contributed by atoms with Gasteiger partial charge >= 0.3 is 5.97 Å². The third kappa shape index (κ3) is 5.50. The summed E-state index contributed by atoms with van der Waals surface area (Å²) in [6.45, 7) is 3.28. The highest BCUT2D eigenvalue weighted by Crippen LogP contribution is 2.16. The van der Waals surface area contributed by atoms with Gasteiger partial charge in [-0.1, -0.05) is 0 Å². The number of rotatable bonds is 6. The van der Waals surface area contributed by atoms with Crippen molar-refractivity contribution in [1.82, 2.24) is 4.98 Å². The average molecular weight is 361 g/mol. The largest absolute Gasteiger partial charge is 0.449 e. The van der Waals surface area contributed by atoms with E-state index < -0.39 is 22.9 Å². The highest BCUT2D eigenvalue weighted by atomic mass is 32.1. The second-order valence-electron chi connectivity index (χ2n) is 5.00. The fourth-order valence-electron chi connectivity index (χ4n) is 1.79. The number of nitrogens with zero attached hydrogens (tertiary/aromatic N) is 2. The van der Waals surface area contributed by atoms with E-state index in [4.69, 9.17) is 4.74 Å². The Kier molecular flexibility index (Phi) is 5.96. The SMILES string of the molecule is Cc1nc(/C=C/C(=O)OC(C)C(=O)Nc2ccc([N+](=O)[O-])cc2)cs1. The second kappa shape index (κ2) is 8.15. The summed E-state index contributed by atoms with van der Waals surface area (Å²) < 4.78 is 5.00. The zero-order chi connectivity index (χ0) is 18.4. The molecule has 2 rings (SSSR count). The number of non-ortho nitro benzene ring substituents is 1. The molecule has 0 aliphatic heterocycles. The summed E-state index contributed by atoms with van der Waals surface area (Å²) in [6.07, 6.45) is 1.68. The van der Waals surface area contributed by atoms with Crippen LogP contribution in [0.2, 0.25) is 0 Å². The van der Waals surface area contributed by atoms with Gasteiger partial charge in [-0.05, 0) is 32.1 Å². The Hall–Kier alpha value is -3.07. The zero-order valence-electron chi connectivity index (χ0n) is 13.5. The number of thiazole rings is 1. The number of aryl methyl sites for hydroxylation is 1. The fraction of sp³-hybridized carbons (Fsp3) is 0.188. The molecule has 1 aromatic carbocycles. The number of nitro groups is 1. The minimum absolute atomic E-state index is 0.0834.